The Morgan fingerprint density at radius 2 is 2.10 bits per heavy atom. The second kappa shape index (κ2) is 6.70. The smallest absolute Gasteiger partial charge is 0.251 e. The second-order valence-corrected chi connectivity index (χ2v) is 5.61. The number of carbonyl (C=O) groups excluding carboxylic acids is 1. The zero-order valence-corrected chi connectivity index (χ0v) is 12.0. The Kier molecular flexibility index (Phi) is 4.95. The predicted molar refractivity (Wildman–Crippen MR) is 78.5 cm³/mol. The van der Waals surface area contributed by atoms with Crippen LogP contribution in [0.15, 0.2) is 23.1 Å². The summed E-state index contributed by atoms with van der Waals surface area (Å²) in [6, 6.07) is 3.04. The van der Waals surface area contributed by atoms with E-state index in [2.05, 4.69) is 5.32 Å². The molecule has 5 heteroatoms. The molecule has 3 N–H and O–H groups in total. The molecule has 1 fully saturated rings. The topological polar surface area (TPSA) is 77.1 Å². The molecular formula is C15H23N3O2. The van der Waals surface area contributed by atoms with Gasteiger partial charge in [0.1, 0.15) is 0 Å². The van der Waals surface area contributed by atoms with E-state index in [1.807, 2.05) is 0 Å². The fourth-order valence-corrected chi connectivity index (χ4v) is 2.88. The lowest BCUT2D eigenvalue weighted by Gasteiger charge is -2.30. The van der Waals surface area contributed by atoms with Crippen molar-refractivity contribution in [3.63, 3.8) is 0 Å². The first-order valence-electron chi connectivity index (χ1n) is 7.26. The van der Waals surface area contributed by atoms with Gasteiger partial charge in [-0.1, -0.05) is 12.8 Å². The van der Waals surface area contributed by atoms with Crippen molar-refractivity contribution >= 4 is 5.91 Å². The average molecular weight is 277 g/mol. The molecule has 0 spiro atoms. The fraction of sp³-hybridized carbons (Fsp3) is 0.600. The van der Waals surface area contributed by atoms with Crippen LogP contribution in [0.5, 0.6) is 0 Å². The molecule has 1 heterocycles. The van der Waals surface area contributed by atoms with Crippen LogP contribution >= 0.6 is 0 Å². The van der Waals surface area contributed by atoms with Crippen LogP contribution < -0.4 is 16.6 Å². The third-order valence-electron chi connectivity index (χ3n) is 4.26. The SMILES string of the molecule is Cn1ccc(C(=O)NCC2CCCCC2CN)cc1=O. The number of aryl methyl sites for hydroxylation is 1. The zero-order chi connectivity index (χ0) is 14.5. The molecule has 1 aromatic rings. The van der Waals surface area contributed by atoms with Gasteiger partial charge in [0.25, 0.3) is 11.5 Å². The van der Waals surface area contributed by atoms with Crippen molar-refractivity contribution in [2.75, 3.05) is 13.1 Å². The summed E-state index contributed by atoms with van der Waals surface area (Å²) in [4.78, 5) is 23.6. The van der Waals surface area contributed by atoms with E-state index >= 15 is 0 Å². The van der Waals surface area contributed by atoms with Crippen LogP contribution in [0.25, 0.3) is 0 Å². The zero-order valence-electron chi connectivity index (χ0n) is 12.0. The van der Waals surface area contributed by atoms with E-state index in [-0.39, 0.29) is 11.5 Å². The monoisotopic (exact) mass is 277 g/mol. The lowest BCUT2D eigenvalue weighted by atomic mass is 9.79. The van der Waals surface area contributed by atoms with Gasteiger partial charge >= 0.3 is 0 Å². The highest BCUT2D eigenvalue weighted by atomic mass is 16.2. The van der Waals surface area contributed by atoms with Crippen LogP contribution in [0.1, 0.15) is 36.0 Å². The summed E-state index contributed by atoms with van der Waals surface area (Å²) >= 11 is 0. The first kappa shape index (κ1) is 14.8. The number of nitrogens with two attached hydrogens (primary N) is 1. The van der Waals surface area contributed by atoms with Gasteiger partial charge in [-0.2, -0.15) is 0 Å². The van der Waals surface area contributed by atoms with Crippen molar-refractivity contribution in [3.05, 3.63) is 34.2 Å². The summed E-state index contributed by atoms with van der Waals surface area (Å²) in [5.74, 6) is 0.793. The van der Waals surface area contributed by atoms with Crippen LogP contribution in [-0.2, 0) is 7.05 Å². The van der Waals surface area contributed by atoms with Crippen LogP contribution in [0.4, 0.5) is 0 Å². The summed E-state index contributed by atoms with van der Waals surface area (Å²) in [6.07, 6.45) is 6.34. The normalized spacial score (nSPS) is 22.5. The summed E-state index contributed by atoms with van der Waals surface area (Å²) < 4.78 is 1.45. The summed E-state index contributed by atoms with van der Waals surface area (Å²) in [7, 11) is 1.66. The number of carbonyl (C=O) groups is 1. The van der Waals surface area contributed by atoms with Crippen molar-refractivity contribution in [1.82, 2.24) is 9.88 Å². The van der Waals surface area contributed by atoms with Gasteiger partial charge < -0.3 is 15.6 Å². The molecule has 0 bridgehead atoms. The lowest BCUT2D eigenvalue weighted by Crippen LogP contribution is -2.37. The Balaban J connectivity index is 1.94. The molecule has 0 radical (unpaired) electrons. The molecule has 0 aromatic carbocycles. The molecule has 2 atom stereocenters. The molecule has 2 rings (SSSR count). The Labute approximate surface area is 119 Å². The van der Waals surface area contributed by atoms with Crippen molar-refractivity contribution in [2.24, 2.45) is 24.6 Å². The molecule has 1 amide bonds. The van der Waals surface area contributed by atoms with Crippen LogP contribution in [-0.4, -0.2) is 23.6 Å². The molecule has 1 aromatic heterocycles. The molecule has 5 nitrogen and oxygen atoms in total. The van der Waals surface area contributed by atoms with Gasteiger partial charge in [0.15, 0.2) is 0 Å². The van der Waals surface area contributed by atoms with Crippen molar-refractivity contribution < 1.29 is 4.79 Å². The van der Waals surface area contributed by atoms with Gasteiger partial charge in [0.2, 0.25) is 0 Å². The number of amides is 1. The number of hydrogen-bond acceptors (Lipinski definition) is 3. The number of nitrogens with zero attached hydrogens (tertiary/aromatic N) is 1. The molecule has 0 saturated heterocycles. The largest absolute Gasteiger partial charge is 0.352 e. The van der Waals surface area contributed by atoms with E-state index in [1.54, 1.807) is 19.3 Å². The van der Waals surface area contributed by atoms with Crippen LogP contribution in [0.2, 0.25) is 0 Å². The highest BCUT2D eigenvalue weighted by Gasteiger charge is 2.24. The third kappa shape index (κ3) is 3.48. The second-order valence-electron chi connectivity index (χ2n) is 5.61. The first-order chi connectivity index (χ1) is 9.61. The van der Waals surface area contributed by atoms with Gasteiger partial charge in [-0.15, -0.1) is 0 Å². The van der Waals surface area contributed by atoms with Gasteiger partial charge in [-0.3, -0.25) is 9.59 Å². The molecule has 1 aliphatic rings. The molecule has 110 valence electrons. The van der Waals surface area contributed by atoms with E-state index in [0.717, 1.165) is 12.8 Å². The molecule has 0 aliphatic heterocycles. The number of hydrogen-bond donors (Lipinski definition) is 2. The summed E-state index contributed by atoms with van der Waals surface area (Å²) in [5.41, 5.74) is 6.04. The van der Waals surface area contributed by atoms with Crippen molar-refractivity contribution in [1.29, 1.82) is 0 Å². The minimum atomic E-state index is -0.177. The van der Waals surface area contributed by atoms with Gasteiger partial charge in [-0.05, 0) is 37.3 Å². The van der Waals surface area contributed by atoms with Gasteiger partial charge in [0.05, 0.1) is 0 Å². The highest BCUT2D eigenvalue weighted by Crippen LogP contribution is 2.28. The molecule has 20 heavy (non-hydrogen) atoms. The molecule has 1 aliphatic carbocycles. The average Bonchev–Trinajstić information content (AvgIpc) is 2.47. The minimum Gasteiger partial charge on any atom is -0.352 e. The number of pyridine rings is 1. The van der Waals surface area contributed by atoms with Crippen molar-refractivity contribution in [3.8, 4) is 0 Å². The quantitative estimate of drug-likeness (QED) is 0.857. The summed E-state index contributed by atoms with van der Waals surface area (Å²) in [6.45, 7) is 1.34. The first-order valence-corrected chi connectivity index (χ1v) is 7.26. The molecule has 2 unspecified atom stereocenters. The van der Waals surface area contributed by atoms with Gasteiger partial charge in [-0.25, -0.2) is 0 Å². The van der Waals surface area contributed by atoms with Crippen LogP contribution in [0, 0.1) is 11.8 Å². The van der Waals surface area contributed by atoms with E-state index < -0.39 is 0 Å². The molecular weight excluding hydrogens is 254 g/mol. The Hall–Kier alpha value is -1.62. The Morgan fingerprint density at radius 1 is 1.40 bits per heavy atom. The van der Waals surface area contributed by atoms with E-state index in [0.29, 0.717) is 30.5 Å². The number of aromatic nitrogens is 1. The van der Waals surface area contributed by atoms with Crippen LogP contribution in [0.3, 0.4) is 0 Å². The molecule has 1 saturated carbocycles. The third-order valence-corrected chi connectivity index (χ3v) is 4.26. The van der Waals surface area contributed by atoms with E-state index in [1.165, 1.54) is 23.5 Å². The number of rotatable bonds is 4. The standard InChI is InChI=1S/C15H23N3O2/c1-18-7-6-11(8-14(18)19)15(20)17-10-13-5-3-2-4-12(13)9-16/h6-8,12-13H,2-5,9-10,16H2,1H3,(H,17,20). The maximum atomic E-state index is 12.1. The minimum absolute atomic E-state index is 0.171. The predicted octanol–water partition coefficient (Wildman–Crippen LogP) is 0.880. The van der Waals surface area contributed by atoms with Crippen molar-refractivity contribution in [2.45, 2.75) is 25.7 Å². The van der Waals surface area contributed by atoms with E-state index in [4.69, 9.17) is 5.73 Å². The van der Waals surface area contributed by atoms with Gasteiger partial charge in [0, 0.05) is 31.4 Å². The maximum Gasteiger partial charge on any atom is 0.251 e. The lowest BCUT2D eigenvalue weighted by molar-refractivity contribution is 0.0935. The maximum absolute atomic E-state index is 12.1. The fourth-order valence-electron chi connectivity index (χ4n) is 2.88. The Morgan fingerprint density at radius 3 is 2.75 bits per heavy atom. The number of nitrogens with one attached hydrogen (secondary N) is 1. The highest BCUT2D eigenvalue weighted by molar-refractivity contribution is 5.93. The van der Waals surface area contributed by atoms with E-state index in [9.17, 15) is 9.59 Å². The summed E-state index contributed by atoms with van der Waals surface area (Å²) in [5, 5.41) is 2.94. The Bertz CT molecular complexity index is 524.